The largest absolute Gasteiger partial charge is 0.307 e. The first-order chi connectivity index (χ1) is 30.3. The molecule has 13 rings (SSSR count). The van der Waals surface area contributed by atoms with E-state index in [1.807, 2.05) is 0 Å². The van der Waals surface area contributed by atoms with Crippen LogP contribution in [0.25, 0.3) is 126 Å². The first kappa shape index (κ1) is 33.9. The maximum atomic E-state index is 2.59. The highest BCUT2D eigenvalue weighted by Gasteiger charge is 2.25. The molecule has 13 aromatic rings. The predicted molar refractivity (Wildman–Crippen MR) is 262 cm³/mol. The van der Waals surface area contributed by atoms with Crippen LogP contribution >= 0.6 is 0 Å². The average molecular weight is 772 g/mol. The van der Waals surface area contributed by atoms with E-state index in [0.29, 0.717) is 0 Å². The van der Waals surface area contributed by atoms with Crippen LogP contribution in [0.2, 0.25) is 0 Å². The quantitative estimate of drug-likeness (QED) is 0.157. The van der Waals surface area contributed by atoms with Gasteiger partial charge in [-0.15, -0.1) is 0 Å². The number of rotatable bonds is 4. The lowest BCUT2D eigenvalue weighted by atomic mass is 9.82. The Hall–Kier alpha value is -8.00. The molecule has 1 nitrogen and oxygen atoms in total. The second-order valence-electron chi connectivity index (χ2n) is 16.3. The number of hydrogen-bond acceptors (Lipinski definition) is 0. The molecule has 0 spiro atoms. The van der Waals surface area contributed by atoms with Crippen molar-refractivity contribution in [2.75, 3.05) is 0 Å². The van der Waals surface area contributed by atoms with Crippen LogP contribution in [-0.2, 0) is 0 Å². The molecule has 1 aromatic heterocycles. The van der Waals surface area contributed by atoms with Crippen LogP contribution in [0.15, 0.2) is 224 Å². The van der Waals surface area contributed by atoms with Crippen LogP contribution in [0.3, 0.4) is 0 Å². The highest BCUT2D eigenvalue weighted by molar-refractivity contribution is 6.31. The average Bonchev–Trinajstić information content (AvgIpc) is 3.68. The fourth-order valence-electron chi connectivity index (χ4n) is 10.6. The first-order valence-electron chi connectivity index (χ1n) is 21.2. The molecule has 0 amide bonds. The topological polar surface area (TPSA) is 4.93 Å². The molecule has 1 heteroatoms. The molecule has 61 heavy (non-hydrogen) atoms. The zero-order chi connectivity index (χ0) is 40.0. The molecule has 0 unspecified atom stereocenters. The molecule has 0 aliphatic carbocycles. The Morgan fingerprint density at radius 3 is 1.33 bits per heavy atom. The molecule has 0 saturated heterocycles. The zero-order valence-electron chi connectivity index (χ0n) is 33.3. The third kappa shape index (κ3) is 4.95. The number of nitrogens with zero attached hydrogens (tertiary/aromatic N) is 1. The monoisotopic (exact) mass is 771 g/mol. The van der Waals surface area contributed by atoms with Crippen molar-refractivity contribution >= 4 is 86.4 Å². The van der Waals surface area contributed by atoms with Gasteiger partial charge in [-0.3, -0.25) is 0 Å². The molecular formula is C60H37N. The summed E-state index contributed by atoms with van der Waals surface area (Å²) in [7, 11) is 0. The van der Waals surface area contributed by atoms with Gasteiger partial charge in [-0.25, -0.2) is 0 Å². The predicted octanol–water partition coefficient (Wildman–Crippen LogP) is 16.7. The van der Waals surface area contributed by atoms with Crippen LogP contribution in [0.4, 0.5) is 0 Å². The van der Waals surface area contributed by atoms with Crippen molar-refractivity contribution in [2.45, 2.75) is 0 Å². The minimum absolute atomic E-state index is 1.21. The minimum Gasteiger partial charge on any atom is -0.307 e. The Morgan fingerprint density at radius 2 is 0.689 bits per heavy atom. The molecule has 0 N–H and O–H groups in total. The summed E-state index contributed by atoms with van der Waals surface area (Å²) in [6.07, 6.45) is 0. The summed E-state index contributed by atoms with van der Waals surface area (Å²) in [6.45, 7) is 0. The van der Waals surface area contributed by atoms with Crippen molar-refractivity contribution in [2.24, 2.45) is 0 Å². The fourth-order valence-corrected chi connectivity index (χ4v) is 10.6. The van der Waals surface area contributed by atoms with Gasteiger partial charge in [-0.2, -0.15) is 0 Å². The summed E-state index contributed by atoms with van der Waals surface area (Å²) in [4.78, 5) is 0. The molecular weight excluding hydrogens is 735 g/mol. The van der Waals surface area contributed by atoms with Gasteiger partial charge in [0, 0.05) is 26.9 Å². The molecule has 0 bridgehead atoms. The lowest BCUT2D eigenvalue weighted by molar-refractivity contribution is 1.22. The summed E-state index contributed by atoms with van der Waals surface area (Å²) >= 11 is 0. The fraction of sp³-hybridized carbons (Fsp3) is 0. The van der Waals surface area contributed by atoms with Crippen LogP contribution in [-0.4, -0.2) is 4.57 Å². The van der Waals surface area contributed by atoms with Crippen LogP contribution in [0, 0.1) is 0 Å². The molecule has 12 aromatic carbocycles. The van der Waals surface area contributed by atoms with E-state index in [2.05, 4.69) is 229 Å². The Balaban J connectivity index is 1.23. The summed E-state index contributed by atoms with van der Waals surface area (Å²) < 4.78 is 2.59. The van der Waals surface area contributed by atoms with E-state index in [-0.39, 0.29) is 0 Å². The standard InChI is InChI=1S/C60H37N/c1-3-17-38(18-4-1)42-32-34-49-53(37-42)55(41-21-5-2-6-22-41)45-25-11-12-26-46(45)57(49)58-47-27-13-15-29-50(47)60(51-30-16-14-28-48(51)58)61-54-36-33-39-19-7-9-23-43(39)56(54)52-35-31-40-20-8-10-24-44(40)59(52)61/h1-37H. The van der Waals surface area contributed by atoms with E-state index < -0.39 is 0 Å². The Kier molecular flexibility index (Phi) is 7.37. The number of aromatic nitrogens is 1. The second-order valence-corrected chi connectivity index (χ2v) is 16.3. The highest BCUT2D eigenvalue weighted by atomic mass is 15.0. The summed E-state index contributed by atoms with van der Waals surface area (Å²) in [5, 5.41) is 17.5. The van der Waals surface area contributed by atoms with Crippen molar-refractivity contribution in [3.63, 3.8) is 0 Å². The van der Waals surface area contributed by atoms with Gasteiger partial charge in [-0.05, 0) is 94.0 Å². The van der Waals surface area contributed by atoms with E-state index in [4.69, 9.17) is 0 Å². The van der Waals surface area contributed by atoms with Crippen molar-refractivity contribution in [3.8, 4) is 39.1 Å². The maximum Gasteiger partial charge on any atom is 0.0620 e. The first-order valence-corrected chi connectivity index (χ1v) is 21.2. The maximum absolute atomic E-state index is 2.59. The summed E-state index contributed by atoms with van der Waals surface area (Å²) in [5.74, 6) is 0. The van der Waals surface area contributed by atoms with Crippen LogP contribution in [0.1, 0.15) is 0 Å². The van der Waals surface area contributed by atoms with E-state index in [9.17, 15) is 0 Å². The Labute approximate surface area is 353 Å². The van der Waals surface area contributed by atoms with E-state index in [0.717, 1.165) is 0 Å². The molecule has 0 aliphatic rings. The minimum atomic E-state index is 1.21. The molecule has 0 atom stereocenters. The van der Waals surface area contributed by atoms with Crippen LogP contribution < -0.4 is 0 Å². The number of hydrogen-bond donors (Lipinski definition) is 0. The third-order valence-electron chi connectivity index (χ3n) is 13.1. The lowest BCUT2D eigenvalue weighted by Gasteiger charge is -2.23. The third-order valence-corrected chi connectivity index (χ3v) is 13.1. The second kappa shape index (κ2) is 13.3. The van der Waals surface area contributed by atoms with Gasteiger partial charge < -0.3 is 4.57 Å². The van der Waals surface area contributed by atoms with E-state index in [1.165, 1.54) is 126 Å². The van der Waals surface area contributed by atoms with Crippen molar-refractivity contribution < 1.29 is 0 Å². The Morgan fingerprint density at radius 1 is 0.246 bits per heavy atom. The zero-order valence-corrected chi connectivity index (χ0v) is 33.3. The van der Waals surface area contributed by atoms with E-state index >= 15 is 0 Å². The van der Waals surface area contributed by atoms with Crippen molar-refractivity contribution in [1.82, 2.24) is 4.57 Å². The molecule has 0 fully saturated rings. The smallest absolute Gasteiger partial charge is 0.0620 e. The van der Waals surface area contributed by atoms with Crippen LogP contribution in [0.5, 0.6) is 0 Å². The highest BCUT2D eigenvalue weighted by Crippen LogP contribution is 2.51. The van der Waals surface area contributed by atoms with Crippen molar-refractivity contribution in [1.29, 1.82) is 0 Å². The lowest BCUT2D eigenvalue weighted by Crippen LogP contribution is -2.00. The molecule has 0 aliphatic heterocycles. The normalized spacial score (nSPS) is 11.9. The van der Waals surface area contributed by atoms with E-state index in [1.54, 1.807) is 0 Å². The molecule has 0 saturated carbocycles. The van der Waals surface area contributed by atoms with Crippen molar-refractivity contribution in [3.05, 3.63) is 224 Å². The molecule has 1 heterocycles. The SMILES string of the molecule is c1ccc(-c2ccc3c(-c4c5ccccc5c(-n5c6ccc7ccccc7c6c6ccc7ccccc7c65)c5ccccc45)c4ccccc4c(-c4ccccc4)c3c2)cc1. The van der Waals surface area contributed by atoms with Gasteiger partial charge >= 0.3 is 0 Å². The number of fused-ring (bicyclic) bond motifs is 11. The van der Waals surface area contributed by atoms with Gasteiger partial charge in [-0.1, -0.05) is 212 Å². The van der Waals surface area contributed by atoms with Gasteiger partial charge in [0.15, 0.2) is 0 Å². The number of benzene rings is 12. The molecule has 282 valence electrons. The summed E-state index contributed by atoms with van der Waals surface area (Å²) in [6, 6.07) is 83.2. The van der Waals surface area contributed by atoms with Gasteiger partial charge in [0.25, 0.3) is 0 Å². The Bertz CT molecular complexity index is 3850. The van der Waals surface area contributed by atoms with Gasteiger partial charge in [0.05, 0.1) is 16.7 Å². The molecule has 0 radical (unpaired) electrons. The van der Waals surface area contributed by atoms with Gasteiger partial charge in [0.1, 0.15) is 0 Å². The summed E-state index contributed by atoms with van der Waals surface area (Å²) in [5.41, 5.74) is 11.1. The van der Waals surface area contributed by atoms with Gasteiger partial charge in [0.2, 0.25) is 0 Å².